The molecule has 0 saturated heterocycles. The third-order valence-electron chi connectivity index (χ3n) is 3.86. The first-order valence-electron chi connectivity index (χ1n) is 7.26. The van der Waals surface area contributed by atoms with Crippen molar-refractivity contribution in [2.45, 2.75) is 16.7 Å². The van der Waals surface area contributed by atoms with Crippen molar-refractivity contribution < 1.29 is 12.8 Å². The number of sulfone groups is 1. The molecular formula is C18H12FNO2S2. The highest BCUT2D eigenvalue weighted by Gasteiger charge is 2.24. The highest BCUT2D eigenvalue weighted by Crippen LogP contribution is 2.37. The number of aromatic nitrogens is 1. The van der Waals surface area contributed by atoms with Crippen LogP contribution in [0.5, 0.6) is 0 Å². The number of halogens is 1. The average molecular weight is 357 g/mol. The van der Waals surface area contributed by atoms with E-state index in [4.69, 9.17) is 0 Å². The average Bonchev–Trinajstić information content (AvgIpc) is 2.96. The van der Waals surface area contributed by atoms with Gasteiger partial charge in [-0.25, -0.2) is 17.8 Å². The van der Waals surface area contributed by atoms with Gasteiger partial charge in [-0.2, -0.15) is 0 Å². The topological polar surface area (TPSA) is 47.0 Å². The van der Waals surface area contributed by atoms with E-state index in [2.05, 4.69) is 4.98 Å². The van der Waals surface area contributed by atoms with Gasteiger partial charge in [0.15, 0.2) is 0 Å². The third-order valence-corrected chi connectivity index (χ3v) is 6.64. The quantitative estimate of drug-likeness (QED) is 0.521. The summed E-state index contributed by atoms with van der Waals surface area (Å²) < 4.78 is 40.5. The summed E-state index contributed by atoms with van der Waals surface area (Å²) in [4.78, 5) is 4.74. The summed E-state index contributed by atoms with van der Waals surface area (Å²) in [5.74, 6) is -0.397. The standard InChI is InChI=1S/C18H12FNO2S2/c1-11-20-17-16(24(21,22)14-5-3-2-4-6-14)10-12-9-13(19)7-8-15(12)18(17)23-11/h2-10H,1H3. The molecule has 3 nitrogen and oxygen atoms in total. The van der Waals surface area contributed by atoms with Gasteiger partial charge in [0.05, 0.1) is 19.5 Å². The molecule has 1 heterocycles. The van der Waals surface area contributed by atoms with E-state index >= 15 is 0 Å². The maximum atomic E-state index is 13.6. The smallest absolute Gasteiger partial charge is 0.208 e. The van der Waals surface area contributed by atoms with Crippen molar-refractivity contribution in [3.8, 4) is 0 Å². The monoisotopic (exact) mass is 357 g/mol. The lowest BCUT2D eigenvalue weighted by atomic mass is 10.1. The SMILES string of the molecule is Cc1nc2c(S(=O)(=O)c3ccccc3)cc3cc(F)ccc3c2s1. The number of hydrogen-bond donors (Lipinski definition) is 0. The summed E-state index contributed by atoms with van der Waals surface area (Å²) in [6.07, 6.45) is 0. The van der Waals surface area contributed by atoms with Crippen LogP contribution in [0.4, 0.5) is 4.39 Å². The molecule has 0 spiro atoms. The van der Waals surface area contributed by atoms with E-state index in [9.17, 15) is 12.8 Å². The molecule has 4 rings (SSSR count). The lowest BCUT2D eigenvalue weighted by molar-refractivity contribution is 0.597. The van der Waals surface area contributed by atoms with E-state index in [1.165, 1.54) is 29.5 Å². The van der Waals surface area contributed by atoms with Gasteiger partial charge in [0.2, 0.25) is 9.84 Å². The summed E-state index contributed by atoms with van der Waals surface area (Å²) in [7, 11) is -3.73. The molecule has 0 N–H and O–H groups in total. The zero-order valence-electron chi connectivity index (χ0n) is 12.7. The second-order valence-electron chi connectivity index (χ2n) is 5.47. The van der Waals surface area contributed by atoms with Crippen LogP contribution in [0, 0.1) is 12.7 Å². The first-order valence-corrected chi connectivity index (χ1v) is 9.56. The van der Waals surface area contributed by atoms with E-state index in [0.29, 0.717) is 10.9 Å². The summed E-state index contributed by atoms with van der Waals surface area (Å²) in [5.41, 5.74) is 0.445. The number of fused-ring (bicyclic) bond motifs is 3. The van der Waals surface area contributed by atoms with Crippen LogP contribution in [0.1, 0.15) is 5.01 Å². The Morgan fingerprint density at radius 2 is 1.79 bits per heavy atom. The van der Waals surface area contributed by atoms with Crippen molar-refractivity contribution in [1.29, 1.82) is 0 Å². The minimum absolute atomic E-state index is 0.117. The fourth-order valence-electron chi connectivity index (χ4n) is 2.78. The molecule has 3 aromatic carbocycles. The molecular weight excluding hydrogens is 345 g/mol. The predicted octanol–water partition coefficient (Wildman–Crippen LogP) is 4.73. The highest BCUT2D eigenvalue weighted by atomic mass is 32.2. The van der Waals surface area contributed by atoms with Crippen molar-refractivity contribution >= 4 is 42.2 Å². The van der Waals surface area contributed by atoms with Gasteiger partial charge in [0.1, 0.15) is 11.3 Å². The molecule has 0 atom stereocenters. The normalized spacial score (nSPS) is 12.1. The van der Waals surface area contributed by atoms with Crippen molar-refractivity contribution in [2.75, 3.05) is 0 Å². The van der Waals surface area contributed by atoms with Crippen molar-refractivity contribution in [3.63, 3.8) is 0 Å². The first kappa shape index (κ1) is 15.2. The van der Waals surface area contributed by atoms with Crippen LogP contribution in [0.15, 0.2) is 64.4 Å². The zero-order chi connectivity index (χ0) is 16.9. The van der Waals surface area contributed by atoms with Gasteiger partial charge in [-0.1, -0.05) is 18.2 Å². The van der Waals surface area contributed by atoms with E-state index in [-0.39, 0.29) is 9.79 Å². The lowest BCUT2D eigenvalue weighted by Gasteiger charge is -2.08. The van der Waals surface area contributed by atoms with Gasteiger partial charge >= 0.3 is 0 Å². The lowest BCUT2D eigenvalue weighted by Crippen LogP contribution is -2.03. The van der Waals surface area contributed by atoms with E-state index in [1.54, 1.807) is 36.4 Å². The van der Waals surface area contributed by atoms with Gasteiger partial charge in [-0.3, -0.25) is 0 Å². The second-order valence-corrected chi connectivity index (χ2v) is 8.59. The molecule has 1 aromatic heterocycles. The zero-order valence-corrected chi connectivity index (χ0v) is 14.3. The predicted molar refractivity (Wildman–Crippen MR) is 93.7 cm³/mol. The number of thiazole rings is 1. The molecule has 24 heavy (non-hydrogen) atoms. The second kappa shape index (κ2) is 5.36. The summed E-state index contributed by atoms with van der Waals surface area (Å²) in [6, 6.07) is 14.1. The molecule has 0 saturated carbocycles. The van der Waals surface area contributed by atoms with Crippen LogP contribution < -0.4 is 0 Å². The maximum absolute atomic E-state index is 13.6. The van der Waals surface area contributed by atoms with Gasteiger partial charge in [-0.05, 0) is 48.7 Å². The maximum Gasteiger partial charge on any atom is 0.208 e. The fourth-order valence-corrected chi connectivity index (χ4v) is 5.28. The van der Waals surface area contributed by atoms with Gasteiger partial charge in [0.25, 0.3) is 0 Å². The van der Waals surface area contributed by atoms with E-state index in [0.717, 1.165) is 15.1 Å². The summed E-state index contributed by atoms with van der Waals surface area (Å²) in [5, 5.41) is 2.14. The van der Waals surface area contributed by atoms with Crippen LogP contribution in [0.3, 0.4) is 0 Å². The highest BCUT2D eigenvalue weighted by molar-refractivity contribution is 7.91. The summed E-state index contributed by atoms with van der Waals surface area (Å²) >= 11 is 1.41. The van der Waals surface area contributed by atoms with E-state index < -0.39 is 15.7 Å². The van der Waals surface area contributed by atoms with Gasteiger partial charge < -0.3 is 0 Å². The van der Waals surface area contributed by atoms with Crippen LogP contribution in [0.25, 0.3) is 21.0 Å². The molecule has 120 valence electrons. The summed E-state index contributed by atoms with van der Waals surface area (Å²) in [6.45, 7) is 1.83. The molecule has 4 aromatic rings. The molecule has 0 radical (unpaired) electrons. The molecule has 6 heteroatoms. The Hall–Kier alpha value is -2.31. The Kier molecular flexibility index (Phi) is 3.40. The minimum atomic E-state index is -3.73. The molecule has 0 aliphatic heterocycles. The van der Waals surface area contributed by atoms with Crippen LogP contribution in [0.2, 0.25) is 0 Å². The molecule has 0 amide bonds. The van der Waals surface area contributed by atoms with Crippen LogP contribution in [-0.2, 0) is 9.84 Å². The number of aryl methyl sites for hydroxylation is 1. The van der Waals surface area contributed by atoms with Crippen molar-refractivity contribution in [2.24, 2.45) is 0 Å². The van der Waals surface area contributed by atoms with Crippen LogP contribution >= 0.6 is 11.3 Å². The van der Waals surface area contributed by atoms with Gasteiger partial charge in [0, 0.05) is 5.39 Å². The molecule has 0 unspecified atom stereocenters. The third kappa shape index (κ3) is 2.30. The Balaban J connectivity index is 2.14. The van der Waals surface area contributed by atoms with Gasteiger partial charge in [-0.15, -0.1) is 11.3 Å². The molecule has 0 aliphatic rings. The van der Waals surface area contributed by atoms with Crippen LogP contribution in [-0.4, -0.2) is 13.4 Å². The molecule has 0 bridgehead atoms. The van der Waals surface area contributed by atoms with E-state index in [1.807, 2.05) is 6.92 Å². The number of rotatable bonds is 2. The Morgan fingerprint density at radius 1 is 1.04 bits per heavy atom. The Labute approximate surface area is 142 Å². The minimum Gasteiger partial charge on any atom is -0.240 e. The number of benzene rings is 3. The molecule has 0 fully saturated rings. The first-order chi connectivity index (χ1) is 11.5. The Morgan fingerprint density at radius 3 is 2.54 bits per heavy atom. The number of hydrogen-bond acceptors (Lipinski definition) is 4. The van der Waals surface area contributed by atoms with Crippen molar-refractivity contribution in [3.05, 3.63) is 65.4 Å². The van der Waals surface area contributed by atoms with Crippen molar-refractivity contribution in [1.82, 2.24) is 4.98 Å². The molecule has 0 aliphatic carbocycles. The fraction of sp³-hybridized carbons (Fsp3) is 0.0556. The number of nitrogens with zero attached hydrogens (tertiary/aromatic N) is 1. The largest absolute Gasteiger partial charge is 0.240 e. The Bertz CT molecular complexity index is 1180.